The fraction of sp³-hybridized carbons (Fsp3) is 0.250. The van der Waals surface area contributed by atoms with Crippen LogP contribution in [0.5, 0.6) is 5.75 Å². The van der Waals surface area contributed by atoms with Gasteiger partial charge in [0.05, 0.1) is 12.0 Å². The van der Waals surface area contributed by atoms with Crippen LogP contribution >= 0.6 is 11.8 Å². The number of halogens is 3. The lowest BCUT2D eigenvalue weighted by Gasteiger charge is -2.08. The highest BCUT2D eigenvalue weighted by Crippen LogP contribution is 2.40. The molecule has 0 spiro atoms. The van der Waals surface area contributed by atoms with Gasteiger partial charge in [0.25, 0.3) is 0 Å². The monoisotopic (exact) mass is 207 g/mol. The van der Waals surface area contributed by atoms with Crippen LogP contribution in [0.2, 0.25) is 0 Å². The predicted octanol–water partition coefficient (Wildman–Crippen LogP) is 3.11. The molecule has 0 unspecified atom stereocenters. The van der Waals surface area contributed by atoms with Crippen LogP contribution in [0.15, 0.2) is 23.1 Å². The van der Waals surface area contributed by atoms with Crippen molar-refractivity contribution in [2.75, 3.05) is 7.11 Å². The molecule has 1 aromatic rings. The molecule has 1 aromatic carbocycles. The minimum absolute atomic E-state index is 0.0255. The molecule has 0 saturated carbocycles. The highest BCUT2D eigenvalue weighted by atomic mass is 32.2. The quantitative estimate of drug-likeness (QED) is 0.689. The Morgan fingerprint density at radius 1 is 1.46 bits per heavy atom. The molecule has 5 heteroatoms. The molecule has 0 amide bonds. The van der Waals surface area contributed by atoms with Crippen molar-refractivity contribution in [3.05, 3.63) is 24.3 Å². The number of methoxy groups -OCH3 is 1. The van der Waals surface area contributed by atoms with E-state index >= 15 is 0 Å². The lowest BCUT2D eigenvalue weighted by Crippen LogP contribution is -2.00. The molecule has 1 radical (unpaired) electrons. The van der Waals surface area contributed by atoms with Gasteiger partial charge in [0, 0.05) is 0 Å². The number of benzene rings is 1. The van der Waals surface area contributed by atoms with Crippen molar-refractivity contribution in [2.45, 2.75) is 10.4 Å². The van der Waals surface area contributed by atoms with E-state index in [4.69, 9.17) is 4.74 Å². The van der Waals surface area contributed by atoms with Crippen LogP contribution in [0, 0.1) is 6.07 Å². The average Bonchev–Trinajstić information content (AvgIpc) is 2.02. The van der Waals surface area contributed by atoms with Crippen LogP contribution < -0.4 is 4.74 Å². The second-order valence-electron chi connectivity index (χ2n) is 2.12. The first-order chi connectivity index (χ1) is 6.03. The van der Waals surface area contributed by atoms with Gasteiger partial charge in [-0.05, 0) is 30.0 Å². The van der Waals surface area contributed by atoms with E-state index in [0.29, 0.717) is 0 Å². The summed E-state index contributed by atoms with van der Waals surface area (Å²) in [5.74, 6) is 0.209. The number of thioether (sulfide) groups is 1. The van der Waals surface area contributed by atoms with Crippen LogP contribution in [0.4, 0.5) is 13.2 Å². The Kier molecular flexibility index (Phi) is 3.08. The van der Waals surface area contributed by atoms with E-state index in [1.54, 1.807) is 0 Å². The normalized spacial score (nSPS) is 11.4. The third-order valence-corrected chi connectivity index (χ3v) is 2.00. The number of ether oxygens (including phenoxy) is 1. The van der Waals surface area contributed by atoms with Crippen molar-refractivity contribution in [3.63, 3.8) is 0 Å². The van der Waals surface area contributed by atoms with Crippen LogP contribution in [0.3, 0.4) is 0 Å². The number of hydrogen-bond donors (Lipinski definition) is 0. The van der Waals surface area contributed by atoms with Crippen molar-refractivity contribution < 1.29 is 17.9 Å². The Morgan fingerprint density at radius 3 is 2.69 bits per heavy atom. The first-order valence-electron chi connectivity index (χ1n) is 3.33. The first-order valence-corrected chi connectivity index (χ1v) is 4.14. The maximum absolute atomic E-state index is 12.0. The van der Waals surface area contributed by atoms with Crippen LogP contribution in [0.1, 0.15) is 0 Å². The zero-order valence-corrected chi connectivity index (χ0v) is 7.50. The number of rotatable bonds is 2. The Labute approximate surface area is 77.9 Å². The summed E-state index contributed by atoms with van der Waals surface area (Å²) in [7, 11) is 1.33. The van der Waals surface area contributed by atoms with E-state index in [1.165, 1.54) is 25.3 Å². The largest absolute Gasteiger partial charge is 0.496 e. The summed E-state index contributed by atoms with van der Waals surface area (Å²) in [5.41, 5.74) is -4.29. The number of hydrogen-bond acceptors (Lipinski definition) is 2. The van der Waals surface area contributed by atoms with Crippen molar-refractivity contribution in [2.24, 2.45) is 0 Å². The third-order valence-electron chi connectivity index (χ3n) is 1.23. The number of alkyl halides is 3. The van der Waals surface area contributed by atoms with E-state index in [2.05, 4.69) is 6.07 Å². The van der Waals surface area contributed by atoms with Gasteiger partial charge in [0.1, 0.15) is 5.75 Å². The Balaban J connectivity index is 2.87. The van der Waals surface area contributed by atoms with E-state index in [1.807, 2.05) is 0 Å². The van der Waals surface area contributed by atoms with Crippen molar-refractivity contribution in [3.8, 4) is 5.75 Å². The van der Waals surface area contributed by atoms with E-state index in [-0.39, 0.29) is 22.4 Å². The van der Waals surface area contributed by atoms with Gasteiger partial charge >= 0.3 is 5.51 Å². The van der Waals surface area contributed by atoms with Gasteiger partial charge in [0.2, 0.25) is 0 Å². The average molecular weight is 207 g/mol. The highest BCUT2D eigenvalue weighted by Gasteiger charge is 2.30. The molecule has 0 aliphatic carbocycles. The smallest absolute Gasteiger partial charge is 0.446 e. The predicted molar refractivity (Wildman–Crippen MR) is 43.7 cm³/mol. The Morgan fingerprint density at radius 2 is 2.15 bits per heavy atom. The molecule has 1 rings (SSSR count). The molecule has 71 valence electrons. The Bertz CT molecular complexity index is 285. The summed E-state index contributed by atoms with van der Waals surface area (Å²) in [6.45, 7) is 0. The Hall–Kier alpha value is -0.840. The molecular weight excluding hydrogens is 201 g/mol. The second kappa shape index (κ2) is 3.91. The molecule has 0 aromatic heterocycles. The molecule has 0 fully saturated rings. The fourth-order valence-corrected chi connectivity index (χ4v) is 1.40. The van der Waals surface area contributed by atoms with Gasteiger partial charge in [-0.3, -0.25) is 0 Å². The summed E-state index contributed by atoms with van der Waals surface area (Å²) in [6, 6.07) is 6.74. The molecule has 0 bridgehead atoms. The molecule has 0 aliphatic heterocycles. The molecule has 13 heavy (non-hydrogen) atoms. The van der Waals surface area contributed by atoms with E-state index < -0.39 is 5.51 Å². The second-order valence-corrected chi connectivity index (χ2v) is 3.23. The van der Waals surface area contributed by atoms with Crippen LogP contribution in [-0.2, 0) is 0 Å². The third kappa shape index (κ3) is 3.18. The van der Waals surface area contributed by atoms with Crippen LogP contribution in [0.25, 0.3) is 0 Å². The lowest BCUT2D eigenvalue weighted by atomic mass is 10.3. The van der Waals surface area contributed by atoms with E-state index in [0.717, 1.165) is 0 Å². The minimum atomic E-state index is -4.29. The van der Waals surface area contributed by atoms with Gasteiger partial charge in [-0.1, -0.05) is 6.07 Å². The van der Waals surface area contributed by atoms with Gasteiger partial charge in [0.15, 0.2) is 0 Å². The van der Waals surface area contributed by atoms with Crippen molar-refractivity contribution in [1.29, 1.82) is 0 Å². The molecule has 0 atom stereocenters. The SMILES string of the molecule is COc1cc[c]cc1SC(F)(F)F. The van der Waals surface area contributed by atoms with Crippen molar-refractivity contribution in [1.82, 2.24) is 0 Å². The molecule has 0 N–H and O–H groups in total. The minimum Gasteiger partial charge on any atom is -0.496 e. The first kappa shape index (κ1) is 10.2. The maximum Gasteiger partial charge on any atom is 0.446 e. The lowest BCUT2D eigenvalue weighted by molar-refractivity contribution is -0.0328. The van der Waals surface area contributed by atoms with Gasteiger partial charge < -0.3 is 4.74 Å². The topological polar surface area (TPSA) is 9.23 Å². The van der Waals surface area contributed by atoms with Gasteiger partial charge in [-0.2, -0.15) is 13.2 Å². The maximum atomic E-state index is 12.0. The molecule has 1 nitrogen and oxygen atoms in total. The molecule has 0 heterocycles. The van der Waals surface area contributed by atoms with Gasteiger partial charge in [-0.15, -0.1) is 0 Å². The summed E-state index contributed by atoms with van der Waals surface area (Å²) >= 11 is -0.204. The molecule has 0 aliphatic rings. The molecule has 0 saturated heterocycles. The highest BCUT2D eigenvalue weighted by molar-refractivity contribution is 8.00. The van der Waals surface area contributed by atoms with Gasteiger partial charge in [-0.25, -0.2) is 0 Å². The summed E-state index contributed by atoms with van der Waals surface area (Å²) in [4.78, 5) is 0.0255. The molecular formula is C8H6F3OS. The summed E-state index contributed by atoms with van der Waals surface area (Å²) in [6.07, 6.45) is 0. The zero-order chi connectivity index (χ0) is 9.90. The zero-order valence-electron chi connectivity index (χ0n) is 6.68. The van der Waals surface area contributed by atoms with E-state index in [9.17, 15) is 13.2 Å². The summed E-state index contributed by atoms with van der Waals surface area (Å²) < 4.78 is 40.6. The van der Waals surface area contributed by atoms with Crippen molar-refractivity contribution >= 4 is 11.8 Å². The summed E-state index contributed by atoms with van der Waals surface area (Å²) in [5, 5.41) is 0. The van der Waals surface area contributed by atoms with Crippen LogP contribution in [-0.4, -0.2) is 12.6 Å². The fourth-order valence-electron chi connectivity index (χ4n) is 0.774. The standard InChI is InChI=1S/C8H6F3OS/c1-12-6-4-2-3-5-7(6)13-8(9,10)11/h2,4-5H,1H3.